The Labute approximate surface area is 109 Å². The number of nitrogens with zero attached hydrogens (tertiary/aromatic N) is 1. The average Bonchev–Trinajstić information content (AvgIpc) is 2.39. The van der Waals surface area contributed by atoms with E-state index in [-0.39, 0.29) is 5.54 Å². The Bertz CT molecular complexity index is 341. The fraction of sp³-hybridized carbons (Fsp3) is 0.571. The minimum absolute atomic E-state index is 0.148. The van der Waals surface area contributed by atoms with Crippen molar-refractivity contribution in [1.29, 1.82) is 0 Å². The van der Waals surface area contributed by atoms with Crippen LogP contribution in [0.5, 0.6) is 0 Å². The van der Waals surface area contributed by atoms with Gasteiger partial charge in [-0.05, 0) is 18.7 Å². The summed E-state index contributed by atoms with van der Waals surface area (Å²) in [5.74, 6) is 1.21. The largest absolute Gasteiger partial charge is 0.313 e. The molecule has 1 saturated heterocycles. The van der Waals surface area contributed by atoms with E-state index in [0.29, 0.717) is 0 Å². The molecule has 0 aromatic heterocycles. The Morgan fingerprint density at radius 3 is 2.82 bits per heavy atom. The molecule has 0 aliphatic carbocycles. The van der Waals surface area contributed by atoms with Gasteiger partial charge in [-0.2, -0.15) is 11.8 Å². The molecular formula is C14H22N2S. The van der Waals surface area contributed by atoms with E-state index in [1.165, 1.54) is 17.9 Å². The van der Waals surface area contributed by atoms with E-state index in [1.807, 2.05) is 11.8 Å². The molecule has 0 radical (unpaired) electrons. The molecule has 94 valence electrons. The summed E-state index contributed by atoms with van der Waals surface area (Å²) < 4.78 is 0. The molecule has 0 saturated carbocycles. The Kier molecular flexibility index (Phi) is 4.48. The molecule has 1 aliphatic rings. The lowest BCUT2D eigenvalue weighted by atomic mass is 9.88. The monoisotopic (exact) mass is 250 g/mol. The smallest absolute Gasteiger partial charge is 0.0558 e. The van der Waals surface area contributed by atoms with Crippen molar-refractivity contribution in [2.45, 2.75) is 12.5 Å². The molecule has 2 rings (SSSR count). The van der Waals surface area contributed by atoms with Crippen LogP contribution >= 0.6 is 11.8 Å². The van der Waals surface area contributed by atoms with E-state index in [0.717, 1.165) is 19.6 Å². The van der Waals surface area contributed by atoms with Crippen LogP contribution in [0.1, 0.15) is 12.5 Å². The lowest BCUT2D eigenvalue weighted by Crippen LogP contribution is -2.57. The predicted molar refractivity (Wildman–Crippen MR) is 76.6 cm³/mol. The van der Waals surface area contributed by atoms with Crippen LogP contribution in [0.4, 0.5) is 0 Å². The summed E-state index contributed by atoms with van der Waals surface area (Å²) in [4.78, 5) is 2.62. The molecule has 1 heterocycles. The maximum absolute atomic E-state index is 3.53. The van der Waals surface area contributed by atoms with E-state index < -0.39 is 0 Å². The summed E-state index contributed by atoms with van der Waals surface area (Å²) in [6, 6.07) is 10.9. The van der Waals surface area contributed by atoms with Gasteiger partial charge in [0.05, 0.1) is 5.54 Å². The standard InChI is InChI=1S/C14H22N2S/c1-14(13-6-4-3-5-7-13)12-15-8-9-16(14)10-11-17-2/h3-7,15H,8-12H2,1-2H3. The lowest BCUT2D eigenvalue weighted by Gasteiger charge is -2.45. The van der Waals surface area contributed by atoms with Crippen molar-refractivity contribution in [2.24, 2.45) is 0 Å². The third kappa shape index (κ3) is 2.84. The number of piperazine rings is 1. The third-order valence-electron chi connectivity index (χ3n) is 3.69. The van der Waals surface area contributed by atoms with Crippen LogP contribution in [0.2, 0.25) is 0 Å². The number of nitrogens with one attached hydrogen (secondary N) is 1. The second-order valence-corrected chi connectivity index (χ2v) is 5.78. The molecule has 1 fully saturated rings. The number of benzene rings is 1. The third-order valence-corrected chi connectivity index (χ3v) is 4.28. The first kappa shape index (κ1) is 12.9. The SMILES string of the molecule is CSCCN1CCNCC1(C)c1ccccc1. The molecule has 1 atom stereocenters. The Balaban J connectivity index is 2.19. The lowest BCUT2D eigenvalue weighted by molar-refractivity contribution is 0.0805. The molecular weight excluding hydrogens is 228 g/mol. The maximum Gasteiger partial charge on any atom is 0.0558 e. The summed E-state index contributed by atoms with van der Waals surface area (Å²) in [5.41, 5.74) is 1.57. The van der Waals surface area contributed by atoms with Gasteiger partial charge in [-0.3, -0.25) is 4.90 Å². The quantitative estimate of drug-likeness (QED) is 0.881. The van der Waals surface area contributed by atoms with Crippen LogP contribution in [-0.4, -0.2) is 43.1 Å². The topological polar surface area (TPSA) is 15.3 Å². The summed E-state index contributed by atoms with van der Waals surface area (Å²) in [6.07, 6.45) is 2.18. The minimum Gasteiger partial charge on any atom is -0.313 e. The first-order chi connectivity index (χ1) is 8.27. The van der Waals surface area contributed by atoms with Crippen molar-refractivity contribution in [3.8, 4) is 0 Å². The van der Waals surface area contributed by atoms with Gasteiger partial charge in [0, 0.05) is 31.9 Å². The molecule has 1 unspecified atom stereocenters. The normalized spacial score (nSPS) is 26.0. The van der Waals surface area contributed by atoms with Crippen LogP contribution in [0.15, 0.2) is 30.3 Å². The Morgan fingerprint density at radius 2 is 2.12 bits per heavy atom. The number of rotatable bonds is 4. The highest BCUT2D eigenvalue weighted by atomic mass is 32.2. The Morgan fingerprint density at radius 1 is 1.35 bits per heavy atom. The van der Waals surface area contributed by atoms with Gasteiger partial charge < -0.3 is 5.32 Å². The fourth-order valence-corrected chi connectivity index (χ4v) is 2.95. The van der Waals surface area contributed by atoms with Crippen LogP contribution in [0.3, 0.4) is 0 Å². The predicted octanol–water partition coefficient (Wildman–Crippen LogP) is 2.17. The van der Waals surface area contributed by atoms with Gasteiger partial charge >= 0.3 is 0 Å². The average molecular weight is 250 g/mol. The fourth-order valence-electron chi connectivity index (χ4n) is 2.55. The summed E-state index contributed by atoms with van der Waals surface area (Å²) >= 11 is 1.93. The van der Waals surface area contributed by atoms with Crippen molar-refractivity contribution >= 4 is 11.8 Å². The van der Waals surface area contributed by atoms with E-state index >= 15 is 0 Å². The molecule has 1 N–H and O–H groups in total. The second kappa shape index (κ2) is 5.89. The van der Waals surface area contributed by atoms with E-state index in [4.69, 9.17) is 0 Å². The Hall–Kier alpha value is -0.510. The molecule has 1 aliphatic heterocycles. The van der Waals surface area contributed by atoms with Gasteiger partial charge in [0.1, 0.15) is 0 Å². The van der Waals surface area contributed by atoms with Crippen LogP contribution in [0.25, 0.3) is 0 Å². The van der Waals surface area contributed by atoms with Gasteiger partial charge in [-0.1, -0.05) is 30.3 Å². The summed E-state index contributed by atoms with van der Waals surface area (Å²) in [7, 11) is 0. The first-order valence-electron chi connectivity index (χ1n) is 6.27. The van der Waals surface area contributed by atoms with Crippen LogP contribution in [0, 0.1) is 0 Å². The van der Waals surface area contributed by atoms with E-state index in [9.17, 15) is 0 Å². The van der Waals surface area contributed by atoms with Gasteiger partial charge in [0.2, 0.25) is 0 Å². The first-order valence-corrected chi connectivity index (χ1v) is 7.67. The zero-order valence-corrected chi connectivity index (χ0v) is 11.6. The molecule has 0 amide bonds. The highest BCUT2D eigenvalue weighted by molar-refractivity contribution is 7.98. The van der Waals surface area contributed by atoms with Crippen LogP contribution in [-0.2, 0) is 5.54 Å². The molecule has 0 spiro atoms. The molecule has 1 aromatic carbocycles. The van der Waals surface area contributed by atoms with Crippen molar-refractivity contribution in [3.63, 3.8) is 0 Å². The van der Waals surface area contributed by atoms with Gasteiger partial charge in [-0.25, -0.2) is 0 Å². The minimum atomic E-state index is 0.148. The number of hydrogen-bond donors (Lipinski definition) is 1. The molecule has 3 heteroatoms. The zero-order chi connectivity index (χ0) is 12.1. The van der Waals surface area contributed by atoms with Gasteiger partial charge in [0.25, 0.3) is 0 Å². The van der Waals surface area contributed by atoms with Crippen LogP contribution < -0.4 is 5.32 Å². The van der Waals surface area contributed by atoms with Crippen molar-refractivity contribution in [3.05, 3.63) is 35.9 Å². The van der Waals surface area contributed by atoms with Gasteiger partial charge in [0.15, 0.2) is 0 Å². The van der Waals surface area contributed by atoms with Crippen molar-refractivity contribution < 1.29 is 0 Å². The van der Waals surface area contributed by atoms with Gasteiger partial charge in [-0.15, -0.1) is 0 Å². The maximum atomic E-state index is 3.53. The number of thioether (sulfide) groups is 1. The molecule has 0 bridgehead atoms. The zero-order valence-electron chi connectivity index (χ0n) is 10.8. The highest BCUT2D eigenvalue weighted by Crippen LogP contribution is 2.29. The van der Waals surface area contributed by atoms with E-state index in [2.05, 4.69) is 53.7 Å². The van der Waals surface area contributed by atoms with Crippen molar-refractivity contribution in [1.82, 2.24) is 10.2 Å². The van der Waals surface area contributed by atoms with E-state index in [1.54, 1.807) is 0 Å². The number of hydrogen-bond acceptors (Lipinski definition) is 3. The molecule has 1 aromatic rings. The summed E-state index contributed by atoms with van der Waals surface area (Å²) in [6.45, 7) is 6.83. The second-order valence-electron chi connectivity index (χ2n) is 4.80. The van der Waals surface area contributed by atoms with Crippen molar-refractivity contribution in [2.75, 3.05) is 38.2 Å². The molecule has 17 heavy (non-hydrogen) atoms. The summed E-state index contributed by atoms with van der Waals surface area (Å²) in [5, 5.41) is 3.53. The molecule has 2 nitrogen and oxygen atoms in total. The highest BCUT2D eigenvalue weighted by Gasteiger charge is 2.35.